The summed E-state index contributed by atoms with van der Waals surface area (Å²) in [7, 11) is -3.83. The first-order valence-electron chi connectivity index (χ1n) is 10.8. The predicted octanol–water partition coefficient (Wildman–Crippen LogP) is 3.98. The number of ether oxygens (including phenoxy) is 2. The van der Waals surface area contributed by atoms with Crippen molar-refractivity contribution in [3.63, 3.8) is 0 Å². The van der Waals surface area contributed by atoms with E-state index in [1.54, 1.807) is 6.07 Å². The van der Waals surface area contributed by atoms with Gasteiger partial charge in [0.25, 0.3) is 0 Å². The Labute approximate surface area is 205 Å². The number of morpholine rings is 1. The Morgan fingerprint density at radius 1 is 1.03 bits per heavy atom. The van der Waals surface area contributed by atoms with Crippen LogP contribution < -0.4 is 5.63 Å². The highest BCUT2D eigenvalue weighted by atomic mass is 35.5. The molecule has 0 amide bonds. The number of carbonyl (C=O) groups is 1. The van der Waals surface area contributed by atoms with Crippen LogP contribution >= 0.6 is 11.6 Å². The first-order chi connectivity index (χ1) is 16.8. The molecule has 0 saturated carbocycles. The average Bonchev–Trinajstić information content (AvgIpc) is 2.87. The first kappa shape index (κ1) is 23.5. The lowest BCUT2D eigenvalue weighted by Gasteiger charge is -2.26. The lowest BCUT2D eigenvalue weighted by atomic mass is 10.0. The summed E-state index contributed by atoms with van der Waals surface area (Å²) in [4.78, 5) is 25.0. The minimum absolute atomic E-state index is 0.0545. The molecule has 0 N–H and O–H groups in total. The third-order valence-corrected chi connectivity index (χ3v) is 8.06. The number of halogens is 1. The highest BCUT2D eigenvalue weighted by Crippen LogP contribution is 2.29. The average molecular weight is 514 g/mol. The molecule has 0 aliphatic carbocycles. The molecule has 10 heteroatoms. The quantitative estimate of drug-likeness (QED) is 0.226. The number of sulfonamides is 1. The Kier molecular flexibility index (Phi) is 6.33. The van der Waals surface area contributed by atoms with E-state index < -0.39 is 21.6 Å². The van der Waals surface area contributed by atoms with Crippen molar-refractivity contribution >= 4 is 49.3 Å². The summed E-state index contributed by atoms with van der Waals surface area (Å²) in [5.41, 5.74) is 0.182. The summed E-state index contributed by atoms with van der Waals surface area (Å²) < 4.78 is 43.3. The SMILES string of the molecule is O=C(OCc1cc(=O)oc2ccc3ccccc3c12)c1cc(S(=O)(=O)N2CCOCC2)ccc1Cl. The number of esters is 1. The second-order valence-electron chi connectivity index (χ2n) is 7.98. The summed E-state index contributed by atoms with van der Waals surface area (Å²) in [6.45, 7) is 0.821. The molecule has 1 aromatic heterocycles. The Balaban J connectivity index is 1.46. The van der Waals surface area contributed by atoms with E-state index >= 15 is 0 Å². The molecule has 1 aliphatic rings. The molecule has 0 unspecified atom stereocenters. The Morgan fingerprint density at radius 3 is 2.60 bits per heavy atom. The molecule has 1 saturated heterocycles. The molecular weight excluding hydrogens is 494 g/mol. The fourth-order valence-electron chi connectivity index (χ4n) is 4.11. The van der Waals surface area contributed by atoms with E-state index in [0.29, 0.717) is 29.7 Å². The topological polar surface area (TPSA) is 103 Å². The van der Waals surface area contributed by atoms with Gasteiger partial charge in [-0.05, 0) is 35.0 Å². The Morgan fingerprint density at radius 2 is 1.80 bits per heavy atom. The van der Waals surface area contributed by atoms with Crippen molar-refractivity contribution < 1.29 is 27.1 Å². The third-order valence-electron chi connectivity index (χ3n) is 5.84. The number of hydrogen-bond acceptors (Lipinski definition) is 7. The summed E-state index contributed by atoms with van der Waals surface area (Å²) in [5.74, 6) is -0.810. The van der Waals surface area contributed by atoms with Crippen LogP contribution in [0.1, 0.15) is 15.9 Å². The maximum atomic E-state index is 13.0. The number of rotatable bonds is 5. The maximum absolute atomic E-state index is 13.0. The second kappa shape index (κ2) is 9.43. The van der Waals surface area contributed by atoms with Crippen molar-refractivity contribution in [1.29, 1.82) is 0 Å². The molecule has 1 fully saturated rings. The molecule has 0 radical (unpaired) electrons. The monoisotopic (exact) mass is 513 g/mol. The van der Waals surface area contributed by atoms with Gasteiger partial charge in [0.05, 0.1) is 28.7 Å². The zero-order valence-corrected chi connectivity index (χ0v) is 20.0. The van der Waals surface area contributed by atoms with Crippen LogP contribution in [0.3, 0.4) is 0 Å². The smallest absolute Gasteiger partial charge is 0.340 e. The Bertz CT molecular complexity index is 1610. The minimum Gasteiger partial charge on any atom is -0.457 e. The lowest BCUT2D eigenvalue weighted by Crippen LogP contribution is -2.40. The van der Waals surface area contributed by atoms with Crippen LogP contribution in [0.15, 0.2) is 74.8 Å². The van der Waals surface area contributed by atoms with E-state index in [9.17, 15) is 18.0 Å². The highest BCUT2D eigenvalue weighted by Gasteiger charge is 2.28. The van der Waals surface area contributed by atoms with Gasteiger partial charge in [-0.3, -0.25) is 0 Å². The summed E-state index contributed by atoms with van der Waals surface area (Å²) in [6.07, 6.45) is 0. The van der Waals surface area contributed by atoms with Crippen molar-refractivity contribution in [2.75, 3.05) is 26.3 Å². The molecule has 4 aromatic rings. The van der Waals surface area contributed by atoms with Crippen LogP contribution in [0.25, 0.3) is 21.7 Å². The molecule has 35 heavy (non-hydrogen) atoms. The van der Waals surface area contributed by atoms with Crippen LogP contribution in [0.4, 0.5) is 0 Å². The van der Waals surface area contributed by atoms with Gasteiger partial charge in [0.1, 0.15) is 12.2 Å². The molecule has 1 aliphatic heterocycles. The summed E-state index contributed by atoms with van der Waals surface area (Å²) in [6, 6.07) is 16.3. The van der Waals surface area contributed by atoms with Gasteiger partial charge in [0.2, 0.25) is 10.0 Å². The number of carbonyl (C=O) groups excluding carboxylic acids is 1. The first-order valence-corrected chi connectivity index (χ1v) is 12.7. The van der Waals surface area contributed by atoms with E-state index in [1.807, 2.05) is 30.3 Å². The van der Waals surface area contributed by atoms with Crippen LogP contribution in [-0.2, 0) is 26.1 Å². The van der Waals surface area contributed by atoms with Crippen molar-refractivity contribution in [3.05, 3.63) is 87.2 Å². The van der Waals surface area contributed by atoms with Gasteiger partial charge >= 0.3 is 11.6 Å². The molecular formula is C25H20ClNO7S. The molecule has 5 rings (SSSR count). The molecule has 180 valence electrons. The molecule has 8 nitrogen and oxygen atoms in total. The van der Waals surface area contributed by atoms with Crippen molar-refractivity contribution in [3.8, 4) is 0 Å². The molecule has 0 bridgehead atoms. The van der Waals surface area contributed by atoms with Gasteiger partial charge in [-0.15, -0.1) is 0 Å². The summed E-state index contributed by atoms with van der Waals surface area (Å²) in [5, 5.41) is 2.49. The van der Waals surface area contributed by atoms with Gasteiger partial charge in [-0.1, -0.05) is 41.9 Å². The normalized spacial score (nSPS) is 14.9. The third kappa shape index (κ3) is 4.55. The van der Waals surface area contributed by atoms with E-state index in [0.717, 1.165) is 10.8 Å². The number of benzene rings is 3. The standard InChI is InChI=1S/C25H20ClNO7S/c26-21-7-6-18(35(30,31)27-9-11-32-12-10-27)14-20(21)25(29)33-15-17-13-23(28)34-22-8-5-16-3-1-2-4-19(16)24(17)22/h1-8,13-14H,9-12,15H2. The highest BCUT2D eigenvalue weighted by molar-refractivity contribution is 7.89. The fraction of sp³-hybridized carbons (Fsp3) is 0.200. The largest absolute Gasteiger partial charge is 0.457 e. The maximum Gasteiger partial charge on any atom is 0.340 e. The van der Waals surface area contributed by atoms with E-state index in [1.165, 1.54) is 28.6 Å². The zero-order chi connectivity index (χ0) is 24.6. The molecule has 0 spiro atoms. The van der Waals surface area contributed by atoms with E-state index in [-0.39, 0.29) is 35.2 Å². The van der Waals surface area contributed by atoms with Crippen LogP contribution in [-0.4, -0.2) is 45.0 Å². The number of nitrogens with zero attached hydrogens (tertiary/aromatic N) is 1. The minimum atomic E-state index is -3.83. The van der Waals surface area contributed by atoms with Crippen LogP contribution in [0.5, 0.6) is 0 Å². The molecule has 2 heterocycles. The molecule has 0 atom stereocenters. The zero-order valence-electron chi connectivity index (χ0n) is 18.4. The predicted molar refractivity (Wildman–Crippen MR) is 130 cm³/mol. The van der Waals surface area contributed by atoms with Gasteiger partial charge in [0.15, 0.2) is 0 Å². The van der Waals surface area contributed by atoms with Gasteiger partial charge < -0.3 is 13.9 Å². The fourth-order valence-corrected chi connectivity index (χ4v) is 5.74. The van der Waals surface area contributed by atoms with Gasteiger partial charge in [-0.2, -0.15) is 4.31 Å². The number of hydrogen-bond donors (Lipinski definition) is 0. The van der Waals surface area contributed by atoms with Crippen molar-refractivity contribution in [2.45, 2.75) is 11.5 Å². The lowest BCUT2D eigenvalue weighted by molar-refractivity contribution is 0.0473. The van der Waals surface area contributed by atoms with E-state index in [2.05, 4.69) is 0 Å². The number of fused-ring (bicyclic) bond motifs is 3. The van der Waals surface area contributed by atoms with Crippen molar-refractivity contribution in [2.24, 2.45) is 0 Å². The Hall–Kier alpha value is -3.24. The van der Waals surface area contributed by atoms with E-state index in [4.69, 9.17) is 25.5 Å². The van der Waals surface area contributed by atoms with Gasteiger partial charge in [-0.25, -0.2) is 18.0 Å². The van der Waals surface area contributed by atoms with Crippen LogP contribution in [0.2, 0.25) is 5.02 Å². The second-order valence-corrected chi connectivity index (χ2v) is 10.3. The van der Waals surface area contributed by atoms with Crippen LogP contribution in [0, 0.1) is 0 Å². The summed E-state index contributed by atoms with van der Waals surface area (Å²) >= 11 is 6.21. The molecule has 3 aromatic carbocycles. The van der Waals surface area contributed by atoms with Crippen molar-refractivity contribution in [1.82, 2.24) is 4.31 Å². The van der Waals surface area contributed by atoms with Gasteiger partial charge in [0, 0.05) is 30.1 Å².